The van der Waals surface area contributed by atoms with Crippen molar-refractivity contribution >= 4 is 11.7 Å². The van der Waals surface area contributed by atoms with Crippen molar-refractivity contribution in [2.75, 3.05) is 6.54 Å². The van der Waals surface area contributed by atoms with E-state index in [9.17, 15) is 4.79 Å². The highest BCUT2D eigenvalue weighted by Crippen LogP contribution is 2.18. The number of carbonyl (C=O) groups is 1. The minimum Gasteiger partial charge on any atom is -0.409 e. The van der Waals surface area contributed by atoms with Crippen LogP contribution >= 0.6 is 0 Å². The lowest BCUT2D eigenvalue weighted by molar-refractivity contribution is -0.133. The Labute approximate surface area is 96.3 Å². The number of amidine groups is 1. The summed E-state index contributed by atoms with van der Waals surface area (Å²) in [6.07, 6.45) is 5.30. The molecule has 1 unspecified atom stereocenters. The molecule has 5 nitrogen and oxygen atoms in total. The Bertz CT molecular complexity index is 266. The minimum atomic E-state index is -0.205. The molecule has 1 saturated heterocycles. The molecule has 92 valence electrons. The predicted octanol–water partition coefficient (Wildman–Crippen LogP) is 1.30. The Morgan fingerprint density at radius 3 is 2.94 bits per heavy atom. The average molecular weight is 227 g/mol. The summed E-state index contributed by atoms with van der Waals surface area (Å²) in [6, 6.07) is -0.205. The third-order valence-corrected chi connectivity index (χ3v) is 3.02. The number of nitrogens with two attached hydrogens (primary N) is 1. The molecule has 0 spiro atoms. The number of piperidine rings is 1. The van der Waals surface area contributed by atoms with Crippen molar-refractivity contribution < 1.29 is 10.0 Å². The zero-order valence-electron chi connectivity index (χ0n) is 9.85. The number of oxime groups is 1. The van der Waals surface area contributed by atoms with Crippen LogP contribution in [0.4, 0.5) is 0 Å². The molecular formula is C11H21N3O2. The van der Waals surface area contributed by atoms with Gasteiger partial charge in [-0.2, -0.15) is 0 Å². The second-order valence-electron chi connectivity index (χ2n) is 4.23. The third-order valence-electron chi connectivity index (χ3n) is 3.02. The largest absolute Gasteiger partial charge is 0.409 e. The van der Waals surface area contributed by atoms with E-state index in [0.29, 0.717) is 6.42 Å². The monoisotopic (exact) mass is 227 g/mol. The van der Waals surface area contributed by atoms with Crippen LogP contribution in [0.15, 0.2) is 5.16 Å². The molecule has 0 aromatic heterocycles. The molecule has 1 atom stereocenters. The Hall–Kier alpha value is -1.26. The van der Waals surface area contributed by atoms with Crippen LogP contribution in [-0.4, -0.2) is 34.4 Å². The van der Waals surface area contributed by atoms with Crippen LogP contribution in [0.3, 0.4) is 0 Å². The maximum atomic E-state index is 11.9. The number of carbonyl (C=O) groups excluding carboxylic acids is 1. The summed E-state index contributed by atoms with van der Waals surface area (Å²) in [4.78, 5) is 13.7. The van der Waals surface area contributed by atoms with E-state index in [0.717, 1.165) is 38.6 Å². The summed E-state index contributed by atoms with van der Waals surface area (Å²) in [7, 11) is 0. The highest BCUT2D eigenvalue weighted by molar-refractivity contribution is 5.90. The first-order valence-electron chi connectivity index (χ1n) is 5.97. The molecule has 0 aliphatic carbocycles. The van der Waals surface area contributed by atoms with Crippen LogP contribution < -0.4 is 5.73 Å². The molecule has 0 aromatic rings. The predicted molar refractivity (Wildman–Crippen MR) is 62.3 cm³/mol. The molecule has 1 aliphatic heterocycles. The van der Waals surface area contributed by atoms with Gasteiger partial charge in [-0.05, 0) is 25.7 Å². The molecule has 0 saturated carbocycles. The van der Waals surface area contributed by atoms with Gasteiger partial charge in [-0.1, -0.05) is 18.5 Å². The highest BCUT2D eigenvalue weighted by Gasteiger charge is 2.29. The lowest BCUT2D eigenvalue weighted by Gasteiger charge is -2.34. The summed E-state index contributed by atoms with van der Waals surface area (Å²) in [5, 5.41) is 11.7. The number of hydrogen-bond donors (Lipinski definition) is 2. The number of unbranched alkanes of at least 4 members (excludes halogenated alkanes) is 1. The first-order chi connectivity index (χ1) is 7.70. The van der Waals surface area contributed by atoms with E-state index in [1.165, 1.54) is 0 Å². The second-order valence-corrected chi connectivity index (χ2v) is 4.23. The minimum absolute atomic E-state index is 0.123. The topological polar surface area (TPSA) is 78.9 Å². The first-order valence-corrected chi connectivity index (χ1v) is 5.97. The quantitative estimate of drug-likeness (QED) is 0.329. The van der Waals surface area contributed by atoms with Crippen LogP contribution in [0.1, 0.15) is 45.4 Å². The molecular weight excluding hydrogens is 206 g/mol. The Kier molecular flexibility index (Phi) is 5.08. The lowest BCUT2D eigenvalue weighted by atomic mass is 10.0. The fourth-order valence-corrected chi connectivity index (χ4v) is 2.08. The van der Waals surface area contributed by atoms with Gasteiger partial charge in [0, 0.05) is 13.0 Å². The molecule has 1 rings (SSSR count). The third kappa shape index (κ3) is 3.12. The second kappa shape index (κ2) is 6.35. The van der Waals surface area contributed by atoms with Crippen LogP contribution in [-0.2, 0) is 4.79 Å². The molecule has 5 heteroatoms. The Morgan fingerprint density at radius 1 is 1.56 bits per heavy atom. The molecule has 1 fully saturated rings. The molecule has 0 radical (unpaired) electrons. The summed E-state index contributed by atoms with van der Waals surface area (Å²) in [5.41, 5.74) is 5.61. The van der Waals surface area contributed by atoms with Gasteiger partial charge in [-0.25, -0.2) is 0 Å². The smallest absolute Gasteiger partial charge is 0.223 e. The van der Waals surface area contributed by atoms with Gasteiger partial charge >= 0.3 is 0 Å². The summed E-state index contributed by atoms with van der Waals surface area (Å²) in [6.45, 7) is 2.79. The van der Waals surface area contributed by atoms with Crippen molar-refractivity contribution in [3.05, 3.63) is 0 Å². The maximum absolute atomic E-state index is 11.9. The van der Waals surface area contributed by atoms with Gasteiger partial charge < -0.3 is 15.8 Å². The fourth-order valence-electron chi connectivity index (χ4n) is 2.08. The zero-order chi connectivity index (χ0) is 12.0. The normalized spacial score (nSPS) is 22.2. The van der Waals surface area contributed by atoms with Crippen LogP contribution in [0.2, 0.25) is 0 Å². The van der Waals surface area contributed by atoms with Gasteiger partial charge in [0.05, 0.1) is 6.04 Å². The lowest BCUT2D eigenvalue weighted by Crippen LogP contribution is -2.50. The van der Waals surface area contributed by atoms with Crippen LogP contribution in [0.25, 0.3) is 0 Å². The van der Waals surface area contributed by atoms with Gasteiger partial charge in [-0.3, -0.25) is 4.79 Å². The van der Waals surface area contributed by atoms with Crippen molar-refractivity contribution in [2.45, 2.75) is 51.5 Å². The number of likely N-dealkylation sites (tertiary alicyclic amines) is 1. The summed E-state index contributed by atoms with van der Waals surface area (Å²) < 4.78 is 0. The number of amides is 1. The number of hydrogen-bond acceptors (Lipinski definition) is 3. The van der Waals surface area contributed by atoms with Gasteiger partial charge in [0.25, 0.3) is 0 Å². The van der Waals surface area contributed by atoms with Gasteiger partial charge in [0.2, 0.25) is 5.91 Å². The molecule has 1 amide bonds. The van der Waals surface area contributed by atoms with Crippen molar-refractivity contribution in [1.29, 1.82) is 0 Å². The average Bonchev–Trinajstić information content (AvgIpc) is 2.35. The van der Waals surface area contributed by atoms with Gasteiger partial charge in [0.1, 0.15) is 0 Å². The van der Waals surface area contributed by atoms with E-state index < -0.39 is 0 Å². The number of nitrogens with zero attached hydrogens (tertiary/aromatic N) is 2. The summed E-state index contributed by atoms with van der Waals surface area (Å²) >= 11 is 0. The molecule has 1 aliphatic rings. The SMILES string of the molecule is CCCCC(=O)N1CCCCC1C(N)=NO. The van der Waals surface area contributed by atoms with E-state index in [1.807, 2.05) is 0 Å². The molecule has 0 aromatic carbocycles. The zero-order valence-corrected chi connectivity index (χ0v) is 9.85. The highest BCUT2D eigenvalue weighted by atomic mass is 16.4. The van der Waals surface area contributed by atoms with E-state index in [4.69, 9.17) is 10.9 Å². The molecule has 1 heterocycles. The molecule has 16 heavy (non-hydrogen) atoms. The van der Waals surface area contributed by atoms with E-state index >= 15 is 0 Å². The van der Waals surface area contributed by atoms with E-state index in [-0.39, 0.29) is 17.8 Å². The Morgan fingerprint density at radius 2 is 2.31 bits per heavy atom. The molecule has 0 bridgehead atoms. The van der Waals surface area contributed by atoms with Crippen LogP contribution in [0.5, 0.6) is 0 Å². The maximum Gasteiger partial charge on any atom is 0.223 e. The van der Waals surface area contributed by atoms with E-state index in [2.05, 4.69) is 12.1 Å². The number of rotatable bonds is 4. The van der Waals surface area contributed by atoms with Crippen molar-refractivity contribution in [2.24, 2.45) is 10.9 Å². The van der Waals surface area contributed by atoms with Crippen molar-refractivity contribution in [3.63, 3.8) is 0 Å². The van der Waals surface area contributed by atoms with Gasteiger partial charge in [0.15, 0.2) is 5.84 Å². The van der Waals surface area contributed by atoms with Crippen molar-refractivity contribution in [3.8, 4) is 0 Å². The van der Waals surface area contributed by atoms with E-state index in [1.54, 1.807) is 4.90 Å². The van der Waals surface area contributed by atoms with Crippen LogP contribution in [0, 0.1) is 0 Å². The van der Waals surface area contributed by atoms with Crippen molar-refractivity contribution in [1.82, 2.24) is 4.90 Å². The first kappa shape index (κ1) is 12.8. The summed E-state index contributed by atoms with van der Waals surface area (Å²) in [5.74, 6) is 0.280. The molecule has 3 N–H and O–H groups in total. The standard InChI is InChI=1S/C11H21N3O2/c1-2-3-7-10(15)14-8-5-4-6-9(14)11(12)13-16/h9,16H,2-8H2,1H3,(H2,12,13). The van der Waals surface area contributed by atoms with Gasteiger partial charge in [-0.15, -0.1) is 0 Å². The fraction of sp³-hybridized carbons (Fsp3) is 0.818. The Balaban J connectivity index is 2.62.